The van der Waals surface area contributed by atoms with Gasteiger partial charge in [-0.1, -0.05) is 102 Å². The van der Waals surface area contributed by atoms with Crippen LogP contribution in [0.15, 0.2) is 164 Å². The van der Waals surface area contributed by atoms with Crippen LogP contribution in [0.25, 0.3) is 11.0 Å². The van der Waals surface area contributed by atoms with Gasteiger partial charge in [-0.15, -0.1) is 5.10 Å². The van der Waals surface area contributed by atoms with E-state index in [1.165, 1.54) is 31.4 Å². The van der Waals surface area contributed by atoms with E-state index in [0.717, 1.165) is 21.5 Å². The van der Waals surface area contributed by atoms with E-state index in [1.54, 1.807) is 59.2 Å². The molecule has 4 aliphatic rings. The van der Waals surface area contributed by atoms with Crippen LogP contribution in [0.3, 0.4) is 0 Å². The number of methoxy groups -OCH3 is 2. The van der Waals surface area contributed by atoms with E-state index in [4.69, 9.17) is 23.7 Å². The molecule has 0 bridgehead atoms. The van der Waals surface area contributed by atoms with Crippen LogP contribution in [0, 0.1) is 27.9 Å². The first kappa shape index (κ1) is 52.8. The van der Waals surface area contributed by atoms with E-state index >= 15 is 19.2 Å². The zero-order valence-corrected chi connectivity index (χ0v) is 44.5. The van der Waals surface area contributed by atoms with Crippen molar-refractivity contribution in [3.8, 4) is 29.1 Å². The topological polar surface area (TPSA) is 218 Å². The lowest BCUT2D eigenvalue weighted by Gasteiger charge is -2.46. The number of fused-ring (bicyclic) bond motifs is 5. The van der Waals surface area contributed by atoms with Gasteiger partial charge in [0.2, 0.25) is 11.8 Å². The lowest BCUT2D eigenvalue weighted by atomic mass is 9.64. The van der Waals surface area contributed by atoms with Gasteiger partial charge in [-0.25, -0.2) is 14.4 Å². The number of amides is 3. The third-order valence-electron chi connectivity index (χ3n) is 15.9. The van der Waals surface area contributed by atoms with E-state index in [-0.39, 0.29) is 56.4 Å². The number of anilines is 1. The third-order valence-corrected chi connectivity index (χ3v) is 15.9. The van der Waals surface area contributed by atoms with Crippen molar-refractivity contribution in [2.75, 3.05) is 38.9 Å². The van der Waals surface area contributed by atoms with Crippen molar-refractivity contribution in [2.24, 2.45) is 5.92 Å². The second kappa shape index (κ2) is 22.0. The summed E-state index contributed by atoms with van der Waals surface area (Å²) in [5.74, 6) is 4.07. The first-order valence-corrected chi connectivity index (χ1v) is 26.6. The number of aliphatic hydroxyl groups excluding tert-OH is 1. The van der Waals surface area contributed by atoms with Gasteiger partial charge in [0.1, 0.15) is 48.6 Å². The van der Waals surface area contributed by atoms with Crippen molar-refractivity contribution in [1.82, 2.24) is 24.8 Å². The summed E-state index contributed by atoms with van der Waals surface area (Å²) in [5, 5.41) is 29.9. The maximum atomic E-state index is 17.0. The van der Waals surface area contributed by atoms with Gasteiger partial charge in [-0.3, -0.25) is 29.4 Å². The maximum Gasteiger partial charge on any atom is 0.421 e. The number of nitrogens with zero attached hydrogens (tertiary/aromatic N) is 7. The van der Waals surface area contributed by atoms with Crippen molar-refractivity contribution >= 4 is 46.3 Å². The fraction of sp³-hybridized carbons (Fsp3) is 0.238. The first-order valence-electron chi connectivity index (χ1n) is 26.6. The number of aromatic nitrogens is 3. The summed E-state index contributed by atoms with van der Waals surface area (Å²) >= 11 is 0. The molecule has 7 aromatic carbocycles. The summed E-state index contributed by atoms with van der Waals surface area (Å²) in [7, 11) is 3.08. The molecule has 6 unspecified atom stereocenters. The Balaban J connectivity index is 1.09. The number of hydrogen-bond acceptors (Lipinski definition) is 15. The number of esters is 1. The number of nitro benzene ring substituents is 1. The summed E-state index contributed by atoms with van der Waals surface area (Å²) in [6, 6.07) is 43.8. The van der Waals surface area contributed by atoms with Gasteiger partial charge in [0.05, 0.1) is 55.0 Å². The van der Waals surface area contributed by atoms with Crippen LogP contribution in [-0.4, -0.2) is 98.7 Å². The number of rotatable bonds is 13. The number of cyclic esters (lactones) is 1. The Kier molecular flexibility index (Phi) is 14.1. The number of aliphatic hydroxyl groups is 1. The van der Waals surface area contributed by atoms with Gasteiger partial charge >= 0.3 is 12.1 Å². The fourth-order valence-electron chi connectivity index (χ4n) is 12.3. The summed E-state index contributed by atoms with van der Waals surface area (Å²) in [4.78, 5) is 80.3. The molecule has 6 atom stereocenters. The van der Waals surface area contributed by atoms with E-state index in [0.29, 0.717) is 57.0 Å². The van der Waals surface area contributed by atoms with Crippen LogP contribution in [0.2, 0.25) is 0 Å². The van der Waals surface area contributed by atoms with Crippen molar-refractivity contribution < 1.29 is 52.9 Å². The smallest absolute Gasteiger partial charge is 0.421 e. The molecule has 0 saturated carbocycles. The highest BCUT2D eigenvalue weighted by Crippen LogP contribution is 2.66. The van der Waals surface area contributed by atoms with Crippen molar-refractivity contribution in [3.63, 3.8) is 0 Å². The molecule has 4 aliphatic heterocycles. The normalized spacial score (nSPS) is 20.7. The molecule has 8 aromatic rings. The largest absolute Gasteiger partial charge is 0.493 e. The zero-order chi connectivity index (χ0) is 56.6. The molecular formula is C63H53N7O12. The summed E-state index contributed by atoms with van der Waals surface area (Å²) < 4.78 is 31.6. The average molecular weight is 1100 g/mol. The standard InChI is InChI=1S/C63H53N7O12/c1-78-52-35-44-29-31-66(37-45(44)36-53(52)79-2)59(72)54-56-60(73)82-57(42-15-7-4-8-16-42)55(41-13-5-3-6-14-41)69(56)58(43-22-26-47(27-23-43)80-33-32-71)63(54)48-34-39(12-11-30-67-51-18-10-9-17-49(51)64-65-67)21-28-50(48)68(61(63)74)62(75)81-38-40-19-24-46(25-20-40)70(76)77/h3-10,13-28,34-36,54-58,71H,29-33,37-38H2,1-2H3. The maximum absolute atomic E-state index is 17.0. The minimum Gasteiger partial charge on any atom is -0.493 e. The Hall–Kier alpha value is -9.90. The highest BCUT2D eigenvalue weighted by atomic mass is 16.6. The van der Waals surface area contributed by atoms with E-state index in [9.17, 15) is 15.2 Å². The lowest BCUT2D eigenvalue weighted by Crippen LogP contribution is -2.57. The molecule has 19 nitrogen and oxygen atoms in total. The third kappa shape index (κ3) is 9.17. The Morgan fingerprint density at radius 2 is 1.50 bits per heavy atom. The molecule has 0 aliphatic carbocycles. The lowest BCUT2D eigenvalue weighted by molar-refractivity contribution is -0.384. The Morgan fingerprint density at radius 3 is 2.21 bits per heavy atom. The highest BCUT2D eigenvalue weighted by Gasteiger charge is 2.76. The van der Waals surface area contributed by atoms with Gasteiger partial charge in [0.15, 0.2) is 11.5 Å². The monoisotopic (exact) mass is 1100 g/mol. The molecule has 3 amide bonds. The molecule has 2 fully saturated rings. The number of ether oxygens (including phenoxy) is 5. The van der Waals surface area contributed by atoms with Crippen LogP contribution in [0.4, 0.5) is 16.2 Å². The molecule has 1 aromatic heterocycles. The molecule has 5 heterocycles. The Bertz CT molecular complexity index is 3850. The number of carbonyl (C=O) groups is 4. The van der Waals surface area contributed by atoms with Crippen LogP contribution in [-0.2, 0) is 55.4 Å². The molecule has 19 heteroatoms. The molecule has 12 rings (SSSR count). The summed E-state index contributed by atoms with van der Waals surface area (Å²) in [5.41, 5.74) is 3.79. The average Bonchev–Trinajstić information content (AvgIpc) is 1.64. The predicted octanol–water partition coefficient (Wildman–Crippen LogP) is 8.37. The van der Waals surface area contributed by atoms with Crippen LogP contribution in [0.5, 0.6) is 17.2 Å². The first-order chi connectivity index (χ1) is 40.0. The summed E-state index contributed by atoms with van der Waals surface area (Å²) in [6.45, 7) is -0.277. The van der Waals surface area contributed by atoms with Crippen LogP contribution < -0.4 is 19.1 Å². The van der Waals surface area contributed by atoms with Gasteiger partial charge in [-0.05, 0) is 112 Å². The number of carbonyl (C=O) groups excluding carboxylic acids is 4. The van der Waals surface area contributed by atoms with Crippen molar-refractivity contribution in [2.45, 2.75) is 55.8 Å². The van der Waals surface area contributed by atoms with E-state index in [1.807, 2.05) is 102 Å². The van der Waals surface area contributed by atoms with Gasteiger partial charge in [0, 0.05) is 30.8 Å². The van der Waals surface area contributed by atoms with Gasteiger partial charge < -0.3 is 33.7 Å². The number of non-ortho nitro benzene ring substituents is 1. The second-order valence-corrected chi connectivity index (χ2v) is 20.3. The fourth-order valence-corrected chi connectivity index (χ4v) is 12.3. The predicted molar refractivity (Wildman–Crippen MR) is 297 cm³/mol. The van der Waals surface area contributed by atoms with E-state index in [2.05, 4.69) is 22.2 Å². The second-order valence-electron chi connectivity index (χ2n) is 20.3. The minimum atomic E-state index is -2.16. The molecule has 1 N–H and O–H groups in total. The molecular weight excluding hydrogens is 1050 g/mol. The Morgan fingerprint density at radius 1 is 0.805 bits per heavy atom. The summed E-state index contributed by atoms with van der Waals surface area (Å²) in [6.07, 6.45) is -1.70. The van der Waals surface area contributed by atoms with Crippen molar-refractivity contribution in [1.29, 1.82) is 0 Å². The molecule has 2 saturated heterocycles. The number of benzene rings is 7. The number of imide groups is 1. The minimum absolute atomic E-state index is 0.00443. The number of morpholine rings is 1. The van der Waals surface area contributed by atoms with Gasteiger partial charge in [0.25, 0.3) is 5.69 Å². The van der Waals surface area contributed by atoms with Gasteiger partial charge in [-0.2, -0.15) is 0 Å². The number of hydrogen-bond donors (Lipinski definition) is 1. The molecule has 412 valence electrons. The van der Waals surface area contributed by atoms with Crippen LogP contribution >= 0.6 is 0 Å². The molecule has 0 radical (unpaired) electrons. The number of nitro groups is 1. The van der Waals surface area contributed by atoms with E-state index < -0.39 is 64.4 Å². The SMILES string of the molecule is COc1cc2c(cc1OC)CN(C(=O)C1C3C(=O)OC(c4ccccc4)C(c4ccccc4)N3C(c3ccc(OCCO)cc3)C13C(=O)N(C(=O)OCc1ccc([N+](=O)[O-])cc1)c1ccc(C#CCn4nnc5ccccc54)cc13)CC2. The Labute approximate surface area is 470 Å². The molecule has 82 heavy (non-hydrogen) atoms. The highest BCUT2D eigenvalue weighted by molar-refractivity contribution is 6.23. The zero-order valence-electron chi connectivity index (χ0n) is 44.5. The van der Waals surface area contributed by atoms with Crippen LogP contribution in [0.1, 0.15) is 62.7 Å². The molecule has 1 spiro atoms. The number of para-hydroxylation sites is 1. The quantitative estimate of drug-likeness (QED) is 0.0496. The van der Waals surface area contributed by atoms with Crippen molar-refractivity contribution in [3.05, 3.63) is 218 Å².